The average Bonchev–Trinajstić information content (AvgIpc) is 3.24. The zero-order valence-electron chi connectivity index (χ0n) is 20.0. The molecule has 0 atom stereocenters. The molecule has 1 amide bonds. The molecule has 1 aliphatic rings. The van der Waals surface area contributed by atoms with Gasteiger partial charge in [-0.05, 0) is 24.0 Å². The Bertz CT molecular complexity index is 934. The largest absolute Gasteiger partial charge is 0.416 e. The van der Waals surface area contributed by atoms with Crippen molar-refractivity contribution in [2.75, 3.05) is 45.9 Å². The van der Waals surface area contributed by atoms with Gasteiger partial charge in [-0.2, -0.15) is 18.2 Å². The van der Waals surface area contributed by atoms with Gasteiger partial charge >= 0.3 is 6.18 Å². The van der Waals surface area contributed by atoms with Crippen LogP contribution in [0.3, 0.4) is 0 Å². The van der Waals surface area contributed by atoms with E-state index in [0.717, 1.165) is 51.4 Å². The molecule has 2 heterocycles. The second-order valence-corrected chi connectivity index (χ2v) is 9.77. The van der Waals surface area contributed by atoms with Crippen molar-refractivity contribution >= 4 is 5.91 Å². The topological polar surface area (TPSA) is 71.7 Å². The summed E-state index contributed by atoms with van der Waals surface area (Å²) in [6.45, 7) is 11.2. The summed E-state index contributed by atoms with van der Waals surface area (Å²) >= 11 is 0. The van der Waals surface area contributed by atoms with E-state index in [-0.39, 0.29) is 28.6 Å². The molecule has 0 radical (unpaired) electrons. The van der Waals surface area contributed by atoms with Gasteiger partial charge in [-0.15, -0.1) is 0 Å². The molecule has 7 nitrogen and oxygen atoms in total. The summed E-state index contributed by atoms with van der Waals surface area (Å²) in [7, 11) is 0. The summed E-state index contributed by atoms with van der Waals surface area (Å²) in [4.78, 5) is 21.3. The number of benzene rings is 1. The van der Waals surface area contributed by atoms with E-state index < -0.39 is 11.7 Å². The molecule has 0 N–H and O–H groups in total. The van der Waals surface area contributed by atoms with Crippen LogP contribution in [0.4, 0.5) is 13.2 Å². The summed E-state index contributed by atoms with van der Waals surface area (Å²) in [6, 6.07) is 4.82. The maximum Gasteiger partial charge on any atom is 0.416 e. The highest BCUT2D eigenvalue weighted by Gasteiger charge is 2.31. The molecule has 1 fully saturated rings. The molecule has 3 rings (SSSR count). The molecule has 0 saturated carbocycles. The highest BCUT2D eigenvalue weighted by molar-refractivity contribution is 5.76. The van der Waals surface area contributed by atoms with Gasteiger partial charge in [0.25, 0.3) is 0 Å². The maximum atomic E-state index is 13.0. The smallest absolute Gasteiger partial charge is 0.379 e. The lowest BCUT2D eigenvalue weighted by Gasteiger charge is -2.29. The van der Waals surface area contributed by atoms with Gasteiger partial charge in [-0.25, -0.2) is 0 Å². The monoisotopic (exact) mass is 482 g/mol. The van der Waals surface area contributed by atoms with Crippen LogP contribution in [0.15, 0.2) is 28.8 Å². The van der Waals surface area contributed by atoms with Gasteiger partial charge < -0.3 is 14.2 Å². The van der Waals surface area contributed by atoms with Crippen molar-refractivity contribution < 1.29 is 27.2 Å². The number of nitrogens with zero attached hydrogens (tertiary/aromatic N) is 4. The van der Waals surface area contributed by atoms with Crippen LogP contribution in [0.5, 0.6) is 0 Å². The fourth-order valence-electron chi connectivity index (χ4n) is 3.78. The Kier molecular flexibility index (Phi) is 8.70. The van der Waals surface area contributed by atoms with E-state index in [1.54, 1.807) is 0 Å². The summed E-state index contributed by atoms with van der Waals surface area (Å²) in [5.74, 6) is 0.447. The molecule has 2 aromatic rings. The Labute approximate surface area is 198 Å². The second-order valence-electron chi connectivity index (χ2n) is 9.77. The molecule has 1 saturated heterocycles. The van der Waals surface area contributed by atoms with Gasteiger partial charge in [0.2, 0.25) is 17.6 Å². The van der Waals surface area contributed by atoms with E-state index >= 15 is 0 Å². The van der Waals surface area contributed by atoms with E-state index in [0.29, 0.717) is 25.9 Å². The molecular formula is C24H33F3N4O3. The van der Waals surface area contributed by atoms with E-state index in [1.165, 1.54) is 12.1 Å². The number of hydrogen-bond donors (Lipinski definition) is 0. The minimum absolute atomic E-state index is 0.0621. The number of carbonyl (C=O) groups is 1. The molecule has 1 aromatic carbocycles. The number of halogens is 3. The summed E-state index contributed by atoms with van der Waals surface area (Å²) in [5, 5.41) is 3.84. The highest BCUT2D eigenvalue weighted by atomic mass is 19.4. The number of amides is 1. The van der Waals surface area contributed by atoms with Crippen LogP contribution >= 0.6 is 0 Å². The number of alkyl halides is 3. The van der Waals surface area contributed by atoms with E-state index in [9.17, 15) is 18.0 Å². The van der Waals surface area contributed by atoms with Crippen LogP contribution in [0.25, 0.3) is 11.4 Å². The third kappa shape index (κ3) is 8.09. The fourth-order valence-corrected chi connectivity index (χ4v) is 3.78. The van der Waals surface area contributed by atoms with Crippen molar-refractivity contribution in [3.63, 3.8) is 0 Å². The van der Waals surface area contributed by atoms with Gasteiger partial charge in [0, 0.05) is 51.1 Å². The molecule has 0 unspecified atom stereocenters. The first kappa shape index (κ1) is 26.2. The highest BCUT2D eigenvalue weighted by Crippen LogP contribution is 2.31. The predicted octanol–water partition coefficient (Wildman–Crippen LogP) is 4.29. The van der Waals surface area contributed by atoms with Gasteiger partial charge in [-0.1, -0.05) is 38.1 Å². The third-order valence-electron chi connectivity index (χ3n) is 5.55. The molecule has 0 bridgehead atoms. The molecule has 1 aliphatic heterocycles. The lowest BCUT2D eigenvalue weighted by Crippen LogP contribution is -2.40. The standard InChI is InChI=1S/C24H33F3N4O3/c1-23(2,3)17-21(32)31(10-5-9-30-12-14-33-15-13-30)11-8-20-28-22(29-34-20)18-6-4-7-19(16-18)24(25,26)27/h4,6-7,16H,5,8-15,17H2,1-3H3. The number of carbonyl (C=O) groups excluding carboxylic acids is 1. The lowest BCUT2D eigenvalue weighted by atomic mass is 9.91. The Hall–Kier alpha value is -2.46. The lowest BCUT2D eigenvalue weighted by molar-refractivity contribution is -0.137. The summed E-state index contributed by atoms with van der Waals surface area (Å²) in [6.07, 6.45) is -2.85. The Morgan fingerprint density at radius 1 is 1.15 bits per heavy atom. The van der Waals surface area contributed by atoms with Crippen molar-refractivity contribution in [3.8, 4) is 11.4 Å². The molecule has 10 heteroatoms. The minimum atomic E-state index is -4.45. The number of rotatable bonds is 9. The Morgan fingerprint density at radius 3 is 2.56 bits per heavy atom. The Balaban J connectivity index is 1.61. The van der Waals surface area contributed by atoms with Crippen molar-refractivity contribution in [1.82, 2.24) is 19.9 Å². The first-order valence-corrected chi connectivity index (χ1v) is 11.6. The fraction of sp³-hybridized carbons (Fsp3) is 0.625. The summed E-state index contributed by atoms with van der Waals surface area (Å²) < 4.78 is 49.7. The first-order valence-electron chi connectivity index (χ1n) is 11.6. The quantitative estimate of drug-likeness (QED) is 0.531. The molecule has 0 spiro atoms. The average molecular weight is 483 g/mol. The van der Waals surface area contributed by atoms with Crippen molar-refractivity contribution in [2.24, 2.45) is 5.41 Å². The molecule has 188 valence electrons. The molecule has 0 aliphatic carbocycles. The zero-order valence-corrected chi connectivity index (χ0v) is 20.0. The van der Waals surface area contributed by atoms with Gasteiger partial charge in [0.1, 0.15) is 0 Å². The van der Waals surface area contributed by atoms with Gasteiger partial charge in [0.05, 0.1) is 18.8 Å². The van der Waals surface area contributed by atoms with Crippen LogP contribution in [-0.2, 0) is 22.1 Å². The van der Waals surface area contributed by atoms with Gasteiger partial charge in [0.15, 0.2) is 0 Å². The van der Waals surface area contributed by atoms with Crippen LogP contribution in [-0.4, -0.2) is 71.8 Å². The third-order valence-corrected chi connectivity index (χ3v) is 5.55. The zero-order chi connectivity index (χ0) is 24.8. The van der Waals surface area contributed by atoms with Crippen LogP contribution in [0.2, 0.25) is 0 Å². The molecular weight excluding hydrogens is 449 g/mol. The van der Waals surface area contributed by atoms with Crippen molar-refractivity contribution in [2.45, 2.75) is 46.2 Å². The molecule has 34 heavy (non-hydrogen) atoms. The second kappa shape index (κ2) is 11.3. The van der Waals surface area contributed by atoms with Crippen LogP contribution in [0.1, 0.15) is 45.1 Å². The number of aromatic nitrogens is 2. The van der Waals surface area contributed by atoms with E-state index in [2.05, 4.69) is 15.0 Å². The van der Waals surface area contributed by atoms with Crippen LogP contribution < -0.4 is 0 Å². The van der Waals surface area contributed by atoms with Crippen LogP contribution in [0, 0.1) is 5.41 Å². The van der Waals surface area contributed by atoms with Crippen molar-refractivity contribution in [3.05, 3.63) is 35.7 Å². The van der Waals surface area contributed by atoms with Gasteiger partial charge in [-0.3, -0.25) is 9.69 Å². The number of hydrogen-bond acceptors (Lipinski definition) is 6. The molecule has 1 aromatic heterocycles. The normalized spacial score (nSPS) is 15.5. The maximum absolute atomic E-state index is 13.0. The predicted molar refractivity (Wildman–Crippen MR) is 121 cm³/mol. The Morgan fingerprint density at radius 2 is 1.88 bits per heavy atom. The minimum Gasteiger partial charge on any atom is -0.379 e. The van der Waals surface area contributed by atoms with E-state index in [4.69, 9.17) is 9.26 Å². The summed E-state index contributed by atoms with van der Waals surface area (Å²) in [5.41, 5.74) is -0.674. The number of morpholine rings is 1. The number of ether oxygens (including phenoxy) is 1. The van der Waals surface area contributed by atoms with Crippen molar-refractivity contribution in [1.29, 1.82) is 0 Å². The van der Waals surface area contributed by atoms with E-state index in [1.807, 2.05) is 25.7 Å². The SMILES string of the molecule is CC(C)(C)CC(=O)N(CCCN1CCOCC1)CCc1nc(-c2cccc(C(F)(F)F)c2)no1. The first-order chi connectivity index (χ1) is 16.0.